The van der Waals surface area contributed by atoms with Gasteiger partial charge in [0.05, 0.1) is 16.1 Å². The number of nitrogens with zero attached hydrogens (tertiary/aromatic N) is 3. The van der Waals surface area contributed by atoms with Crippen molar-refractivity contribution >= 4 is 17.3 Å². The molecule has 0 spiro atoms. The van der Waals surface area contributed by atoms with E-state index < -0.39 is 45.1 Å². The standard InChI is InChI=1S/C12H5F3N4O4/c13-12(14,15)7-1-8(11(20)21)10(9(2-7)19(22)23)18-5-6(3-16)4-17/h1-2,5,18H,(H,20,21). The van der Waals surface area contributed by atoms with Crippen LogP contribution >= 0.6 is 0 Å². The Balaban J connectivity index is 3.64. The van der Waals surface area contributed by atoms with E-state index in [0.717, 1.165) is 0 Å². The van der Waals surface area contributed by atoms with Crippen LogP contribution in [-0.2, 0) is 6.18 Å². The van der Waals surface area contributed by atoms with Crippen molar-refractivity contribution in [2.24, 2.45) is 0 Å². The minimum atomic E-state index is -4.99. The number of carboxylic acid groups (broad SMARTS) is 1. The van der Waals surface area contributed by atoms with Crippen LogP contribution in [0.25, 0.3) is 0 Å². The number of nitro groups is 1. The molecule has 118 valence electrons. The largest absolute Gasteiger partial charge is 0.478 e. The first-order valence-corrected chi connectivity index (χ1v) is 5.51. The number of anilines is 1. The van der Waals surface area contributed by atoms with Crippen LogP contribution in [0, 0.1) is 32.8 Å². The van der Waals surface area contributed by atoms with Crippen molar-refractivity contribution < 1.29 is 28.0 Å². The SMILES string of the molecule is N#CC(C#N)=CNc1c(C(=O)O)cc(C(F)(F)F)cc1[N+](=O)[O-]. The summed E-state index contributed by atoms with van der Waals surface area (Å²) in [6.45, 7) is 0. The summed E-state index contributed by atoms with van der Waals surface area (Å²) in [5.74, 6) is -1.86. The molecule has 0 aliphatic carbocycles. The maximum Gasteiger partial charge on any atom is 0.416 e. The van der Waals surface area contributed by atoms with Crippen LogP contribution in [-0.4, -0.2) is 16.0 Å². The summed E-state index contributed by atoms with van der Waals surface area (Å²) in [4.78, 5) is 20.8. The monoisotopic (exact) mass is 326 g/mol. The van der Waals surface area contributed by atoms with Gasteiger partial charge in [-0.05, 0) is 6.07 Å². The van der Waals surface area contributed by atoms with Gasteiger partial charge in [-0.2, -0.15) is 23.7 Å². The normalized spacial score (nSPS) is 10.1. The van der Waals surface area contributed by atoms with Crippen molar-refractivity contribution in [1.29, 1.82) is 10.5 Å². The Morgan fingerprint density at radius 1 is 1.35 bits per heavy atom. The number of benzene rings is 1. The van der Waals surface area contributed by atoms with Gasteiger partial charge in [0.2, 0.25) is 0 Å². The summed E-state index contributed by atoms with van der Waals surface area (Å²) in [6.07, 6.45) is -4.34. The Bertz CT molecular complexity index is 736. The first-order chi connectivity index (χ1) is 10.6. The number of rotatable bonds is 4. The number of allylic oxidation sites excluding steroid dienone is 1. The topological polar surface area (TPSA) is 140 Å². The highest BCUT2D eigenvalue weighted by molar-refractivity contribution is 5.97. The van der Waals surface area contributed by atoms with E-state index in [2.05, 4.69) is 0 Å². The third-order valence-corrected chi connectivity index (χ3v) is 2.47. The third kappa shape index (κ3) is 3.95. The lowest BCUT2D eigenvalue weighted by Gasteiger charge is -2.12. The van der Waals surface area contributed by atoms with Gasteiger partial charge in [0.15, 0.2) is 0 Å². The number of aromatic carboxylic acids is 1. The van der Waals surface area contributed by atoms with Crippen molar-refractivity contribution in [2.45, 2.75) is 6.18 Å². The molecule has 0 saturated carbocycles. The van der Waals surface area contributed by atoms with Crippen LogP contribution in [0.4, 0.5) is 24.5 Å². The highest BCUT2D eigenvalue weighted by atomic mass is 19.4. The molecule has 0 amide bonds. The second-order valence-electron chi connectivity index (χ2n) is 3.90. The van der Waals surface area contributed by atoms with Gasteiger partial charge in [0.25, 0.3) is 5.69 Å². The summed E-state index contributed by atoms with van der Waals surface area (Å²) < 4.78 is 38.1. The van der Waals surface area contributed by atoms with E-state index in [-0.39, 0.29) is 12.1 Å². The zero-order chi connectivity index (χ0) is 17.8. The van der Waals surface area contributed by atoms with Gasteiger partial charge < -0.3 is 10.4 Å². The number of nitro benzene ring substituents is 1. The lowest BCUT2D eigenvalue weighted by Crippen LogP contribution is -2.12. The highest BCUT2D eigenvalue weighted by Crippen LogP contribution is 2.37. The first-order valence-electron chi connectivity index (χ1n) is 5.51. The van der Waals surface area contributed by atoms with Crippen LogP contribution in [0.3, 0.4) is 0 Å². The van der Waals surface area contributed by atoms with Gasteiger partial charge in [0, 0.05) is 12.3 Å². The Labute approximate surface area is 125 Å². The molecule has 0 aliphatic rings. The third-order valence-electron chi connectivity index (χ3n) is 2.47. The summed E-state index contributed by atoms with van der Waals surface area (Å²) in [5.41, 5.74) is -5.05. The minimum Gasteiger partial charge on any atom is -0.478 e. The molecule has 2 N–H and O–H groups in total. The van der Waals surface area contributed by atoms with Crippen LogP contribution in [0.2, 0.25) is 0 Å². The molecule has 0 heterocycles. The number of halogens is 3. The van der Waals surface area contributed by atoms with Crippen molar-refractivity contribution in [3.8, 4) is 12.1 Å². The molecule has 11 heteroatoms. The second kappa shape index (κ2) is 6.44. The van der Waals surface area contributed by atoms with E-state index in [1.165, 1.54) is 12.1 Å². The minimum absolute atomic E-state index is 0.154. The Morgan fingerprint density at radius 2 is 1.91 bits per heavy atom. The van der Waals surface area contributed by atoms with Crippen molar-refractivity contribution in [1.82, 2.24) is 0 Å². The van der Waals surface area contributed by atoms with Crippen LogP contribution in [0.15, 0.2) is 23.9 Å². The maximum absolute atomic E-state index is 12.7. The molecule has 0 fully saturated rings. The second-order valence-corrected chi connectivity index (χ2v) is 3.90. The fourth-order valence-corrected chi connectivity index (χ4v) is 1.49. The molecule has 0 bridgehead atoms. The molecular weight excluding hydrogens is 321 g/mol. The molecule has 0 aliphatic heterocycles. The van der Waals surface area contributed by atoms with Gasteiger partial charge >= 0.3 is 12.1 Å². The molecule has 1 rings (SSSR count). The quantitative estimate of drug-likeness (QED) is 0.492. The molecule has 0 aromatic heterocycles. The van der Waals surface area contributed by atoms with E-state index in [4.69, 9.17) is 15.6 Å². The summed E-state index contributed by atoms with van der Waals surface area (Å²) in [6, 6.07) is 3.16. The predicted molar refractivity (Wildman–Crippen MR) is 68.0 cm³/mol. The van der Waals surface area contributed by atoms with E-state index in [1.807, 2.05) is 5.32 Å². The Kier molecular flexibility index (Phi) is 4.89. The van der Waals surface area contributed by atoms with E-state index in [0.29, 0.717) is 6.20 Å². The smallest absolute Gasteiger partial charge is 0.416 e. The fourth-order valence-electron chi connectivity index (χ4n) is 1.49. The molecule has 1 aromatic carbocycles. The van der Waals surface area contributed by atoms with Gasteiger partial charge in [-0.15, -0.1) is 0 Å². The predicted octanol–water partition coefficient (Wildman–Crippen LogP) is 2.65. The van der Waals surface area contributed by atoms with E-state index >= 15 is 0 Å². The van der Waals surface area contributed by atoms with Crippen LogP contribution in [0.5, 0.6) is 0 Å². The van der Waals surface area contributed by atoms with Crippen LogP contribution < -0.4 is 5.32 Å². The summed E-state index contributed by atoms with van der Waals surface area (Å²) >= 11 is 0. The zero-order valence-electron chi connectivity index (χ0n) is 10.9. The Hall–Kier alpha value is -3.60. The average Bonchev–Trinajstić information content (AvgIpc) is 2.46. The molecule has 0 saturated heterocycles. The molecule has 23 heavy (non-hydrogen) atoms. The molecule has 0 atom stereocenters. The number of alkyl halides is 3. The molecular formula is C12H5F3N4O4. The average molecular weight is 326 g/mol. The lowest BCUT2D eigenvalue weighted by molar-refractivity contribution is -0.384. The number of nitriles is 2. The molecule has 1 aromatic rings. The molecule has 0 radical (unpaired) electrons. The number of nitrogens with one attached hydrogen (secondary N) is 1. The first kappa shape index (κ1) is 17.5. The lowest BCUT2D eigenvalue weighted by atomic mass is 10.1. The zero-order valence-corrected chi connectivity index (χ0v) is 10.9. The fraction of sp³-hybridized carbons (Fsp3) is 0.0833. The van der Waals surface area contributed by atoms with Gasteiger partial charge in [-0.1, -0.05) is 0 Å². The van der Waals surface area contributed by atoms with E-state index in [1.54, 1.807) is 0 Å². The summed E-state index contributed by atoms with van der Waals surface area (Å²) in [5, 5.41) is 39.0. The van der Waals surface area contributed by atoms with Gasteiger partial charge in [-0.25, -0.2) is 4.79 Å². The van der Waals surface area contributed by atoms with Crippen molar-refractivity contribution in [3.63, 3.8) is 0 Å². The number of hydrogen-bond acceptors (Lipinski definition) is 6. The van der Waals surface area contributed by atoms with Gasteiger partial charge in [-0.3, -0.25) is 10.1 Å². The number of carboxylic acids is 1. The van der Waals surface area contributed by atoms with Gasteiger partial charge in [0.1, 0.15) is 23.4 Å². The summed E-state index contributed by atoms with van der Waals surface area (Å²) in [7, 11) is 0. The maximum atomic E-state index is 12.7. The van der Waals surface area contributed by atoms with Crippen LogP contribution in [0.1, 0.15) is 15.9 Å². The number of carbonyl (C=O) groups is 1. The van der Waals surface area contributed by atoms with E-state index in [9.17, 15) is 28.1 Å². The van der Waals surface area contributed by atoms with Crippen molar-refractivity contribution in [2.75, 3.05) is 5.32 Å². The molecule has 0 unspecified atom stereocenters. The molecule has 8 nitrogen and oxygen atoms in total. The van der Waals surface area contributed by atoms with Crippen molar-refractivity contribution in [3.05, 3.63) is 45.1 Å². The highest BCUT2D eigenvalue weighted by Gasteiger charge is 2.35. The number of hydrogen-bond donors (Lipinski definition) is 2. The Morgan fingerprint density at radius 3 is 2.30 bits per heavy atom.